The SMILES string of the molecule is c1ccc(-n2c3ccccc3c3cc(-c4ccc(N(c5ccc6c(c5)C(c5ccccc5)(c5ccccc5)c5ccc7ccccc7c5-6)c5ccc6c(c5)C5(c7ccccc7-6)c6ccccc6-n6c7ccccc7c7cccc5c76)cc4)ccc32)cc1. The van der Waals surface area contributed by atoms with Gasteiger partial charge in [-0.05, 0) is 168 Å². The quantitative estimate of drug-likeness (QED) is 0.155. The van der Waals surface area contributed by atoms with E-state index in [0.29, 0.717) is 0 Å². The Balaban J connectivity index is 0.864. The number of benzene rings is 14. The van der Waals surface area contributed by atoms with Gasteiger partial charge in [-0.25, -0.2) is 0 Å². The smallest absolute Gasteiger partial charge is 0.0755 e. The van der Waals surface area contributed by atoms with Gasteiger partial charge in [-0.15, -0.1) is 0 Å². The van der Waals surface area contributed by atoms with E-state index in [2.05, 4.69) is 336 Å². The minimum absolute atomic E-state index is 0.627. The Morgan fingerprint density at radius 3 is 1.54 bits per heavy atom. The number of fused-ring (bicyclic) bond motifs is 20. The monoisotopic (exact) mass is 1100 g/mol. The maximum absolute atomic E-state index is 2.55. The predicted molar refractivity (Wildman–Crippen MR) is 361 cm³/mol. The molecule has 404 valence electrons. The summed E-state index contributed by atoms with van der Waals surface area (Å²) in [5.41, 5.74) is 26.9. The number of nitrogens with zero attached hydrogens (tertiary/aromatic N) is 3. The number of hydrogen-bond donors (Lipinski definition) is 0. The molecular formula is C84H53N3. The lowest BCUT2D eigenvalue weighted by Gasteiger charge is -2.40. The van der Waals surface area contributed by atoms with Crippen molar-refractivity contribution < 1.29 is 0 Å². The first-order valence-corrected chi connectivity index (χ1v) is 30.3. The summed E-state index contributed by atoms with van der Waals surface area (Å²) in [5, 5.41) is 7.51. The Morgan fingerprint density at radius 1 is 0.264 bits per heavy atom. The summed E-state index contributed by atoms with van der Waals surface area (Å²) in [6, 6.07) is 121. The fourth-order valence-electron chi connectivity index (χ4n) is 16.3. The van der Waals surface area contributed by atoms with E-state index in [4.69, 9.17) is 0 Å². The molecule has 19 rings (SSSR count). The zero-order chi connectivity index (χ0) is 57.0. The van der Waals surface area contributed by atoms with Crippen LogP contribution in [0.25, 0.3) is 99.1 Å². The van der Waals surface area contributed by atoms with Crippen LogP contribution in [-0.2, 0) is 10.8 Å². The normalized spacial score (nSPS) is 14.8. The molecule has 2 aliphatic carbocycles. The third-order valence-electron chi connectivity index (χ3n) is 19.8. The Kier molecular flexibility index (Phi) is 10.0. The molecule has 0 radical (unpaired) electrons. The standard InChI is InChI=1S/C84H53N3/c1-4-22-57(23-5-1)83(58-24-6-2-7-25-58)73-49-41-55-21-10-11-28-63(55)81(73)69-48-46-62(53-76(69)83)85(60-43-39-54(40-44-60)56-42-50-79-70(51-56)67-31-14-17-36-77(67)86(79)59-26-8-3-9-27-59)61-45-47-65-64-29-12-15-33-71(64)84(75(65)52-61)72-34-16-19-38-80(72)87-78-37-18-13-30-66(78)68-32-20-35-74(84)82(68)87/h1-53H. The summed E-state index contributed by atoms with van der Waals surface area (Å²) in [6.45, 7) is 0. The van der Waals surface area contributed by atoms with Crippen molar-refractivity contribution in [2.75, 3.05) is 4.90 Å². The van der Waals surface area contributed by atoms with Gasteiger partial charge in [0.2, 0.25) is 0 Å². The van der Waals surface area contributed by atoms with Crippen LogP contribution in [0.3, 0.4) is 0 Å². The van der Waals surface area contributed by atoms with E-state index in [0.717, 1.165) is 28.3 Å². The maximum Gasteiger partial charge on any atom is 0.0755 e. The topological polar surface area (TPSA) is 13.1 Å². The molecule has 1 unspecified atom stereocenters. The van der Waals surface area contributed by atoms with Gasteiger partial charge in [0, 0.05) is 44.3 Å². The van der Waals surface area contributed by atoms with Gasteiger partial charge >= 0.3 is 0 Å². The van der Waals surface area contributed by atoms with Crippen molar-refractivity contribution in [1.82, 2.24) is 9.13 Å². The Hall–Kier alpha value is -11.3. The van der Waals surface area contributed by atoms with Gasteiger partial charge in [0.05, 0.1) is 38.6 Å². The van der Waals surface area contributed by atoms with E-state index in [-0.39, 0.29) is 0 Å². The van der Waals surface area contributed by atoms with Crippen molar-refractivity contribution in [3.8, 4) is 44.8 Å². The zero-order valence-electron chi connectivity index (χ0n) is 47.4. The molecule has 2 aromatic heterocycles. The molecule has 0 amide bonds. The minimum Gasteiger partial charge on any atom is -0.310 e. The van der Waals surface area contributed by atoms with Crippen molar-refractivity contribution in [2.45, 2.75) is 10.8 Å². The van der Waals surface area contributed by atoms with Crippen molar-refractivity contribution >= 4 is 71.4 Å². The Labute approximate surface area is 504 Å². The van der Waals surface area contributed by atoms with Gasteiger partial charge in [0.15, 0.2) is 0 Å². The fourth-order valence-corrected chi connectivity index (χ4v) is 16.3. The molecule has 3 heterocycles. The predicted octanol–water partition coefficient (Wildman–Crippen LogP) is 21.2. The number of anilines is 3. The summed E-state index contributed by atoms with van der Waals surface area (Å²) in [6.07, 6.45) is 0. The highest BCUT2D eigenvalue weighted by Crippen LogP contribution is 2.63. The summed E-state index contributed by atoms with van der Waals surface area (Å²) >= 11 is 0. The molecule has 0 fully saturated rings. The van der Waals surface area contributed by atoms with E-state index in [1.807, 2.05) is 0 Å². The van der Waals surface area contributed by atoms with Crippen molar-refractivity contribution in [2.24, 2.45) is 0 Å². The lowest BCUT2D eigenvalue weighted by atomic mass is 9.65. The van der Waals surface area contributed by atoms with E-state index in [1.165, 1.54) is 132 Å². The molecule has 1 spiro atoms. The van der Waals surface area contributed by atoms with Crippen molar-refractivity contribution in [3.63, 3.8) is 0 Å². The van der Waals surface area contributed by atoms with E-state index in [9.17, 15) is 0 Å². The van der Waals surface area contributed by atoms with Crippen LogP contribution < -0.4 is 4.90 Å². The number of para-hydroxylation sites is 5. The molecule has 16 aromatic rings. The van der Waals surface area contributed by atoms with Gasteiger partial charge in [0.25, 0.3) is 0 Å². The van der Waals surface area contributed by atoms with Crippen LogP contribution in [0.1, 0.15) is 44.5 Å². The van der Waals surface area contributed by atoms with Crippen LogP contribution in [0.5, 0.6) is 0 Å². The first kappa shape index (κ1) is 48.1. The zero-order valence-corrected chi connectivity index (χ0v) is 47.4. The van der Waals surface area contributed by atoms with Crippen LogP contribution in [0.4, 0.5) is 17.1 Å². The molecule has 14 aromatic carbocycles. The van der Waals surface area contributed by atoms with Gasteiger partial charge in [-0.1, -0.05) is 243 Å². The van der Waals surface area contributed by atoms with Gasteiger partial charge in [-0.3, -0.25) is 0 Å². The molecule has 3 nitrogen and oxygen atoms in total. The second-order valence-corrected chi connectivity index (χ2v) is 23.8. The highest BCUT2D eigenvalue weighted by molar-refractivity contribution is 6.14. The van der Waals surface area contributed by atoms with Gasteiger partial charge in [-0.2, -0.15) is 0 Å². The Morgan fingerprint density at radius 2 is 0.793 bits per heavy atom. The van der Waals surface area contributed by atoms with E-state index >= 15 is 0 Å². The summed E-state index contributed by atoms with van der Waals surface area (Å²) in [4.78, 5) is 2.53. The average Bonchev–Trinajstić information content (AvgIpc) is 1.56. The van der Waals surface area contributed by atoms with Gasteiger partial charge in [0.1, 0.15) is 0 Å². The van der Waals surface area contributed by atoms with Crippen LogP contribution in [0.15, 0.2) is 322 Å². The van der Waals surface area contributed by atoms with Crippen LogP contribution in [-0.4, -0.2) is 9.13 Å². The minimum atomic E-state index is -0.628. The third kappa shape index (κ3) is 6.44. The second-order valence-electron chi connectivity index (χ2n) is 23.8. The molecule has 0 bridgehead atoms. The number of rotatable bonds is 7. The molecule has 3 heteroatoms. The first-order chi connectivity index (χ1) is 43.2. The summed E-state index contributed by atoms with van der Waals surface area (Å²) in [7, 11) is 0. The van der Waals surface area contributed by atoms with Crippen molar-refractivity contribution in [1.29, 1.82) is 0 Å². The molecule has 1 aliphatic heterocycles. The molecule has 87 heavy (non-hydrogen) atoms. The van der Waals surface area contributed by atoms with E-state index < -0.39 is 10.8 Å². The summed E-state index contributed by atoms with van der Waals surface area (Å²) in [5.74, 6) is 0. The molecule has 3 aliphatic rings. The lowest BCUT2D eigenvalue weighted by Crippen LogP contribution is -2.33. The van der Waals surface area contributed by atoms with Gasteiger partial charge < -0.3 is 14.0 Å². The molecule has 0 saturated carbocycles. The van der Waals surface area contributed by atoms with Crippen LogP contribution in [0.2, 0.25) is 0 Å². The van der Waals surface area contributed by atoms with Crippen LogP contribution in [0, 0.1) is 0 Å². The fraction of sp³-hybridized carbons (Fsp3) is 0.0238. The average molecular weight is 1100 g/mol. The molecular weight excluding hydrogens is 1050 g/mol. The Bertz CT molecular complexity index is 5480. The molecule has 0 N–H and O–H groups in total. The summed E-state index contributed by atoms with van der Waals surface area (Å²) < 4.78 is 4.93. The van der Waals surface area contributed by atoms with E-state index in [1.54, 1.807) is 0 Å². The molecule has 1 atom stereocenters. The van der Waals surface area contributed by atoms with Crippen LogP contribution >= 0.6 is 0 Å². The largest absolute Gasteiger partial charge is 0.310 e. The highest BCUT2D eigenvalue weighted by atomic mass is 15.1. The highest BCUT2D eigenvalue weighted by Gasteiger charge is 2.52. The lowest BCUT2D eigenvalue weighted by molar-refractivity contribution is 0.748. The van der Waals surface area contributed by atoms with Crippen molar-refractivity contribution in [3.05, 3.63) is 366 Å². The molecule has 0 saturated heterocycles. The second kappa shape index (κ2) is 18.1. The maximum atomic E-state index is 2.55. The number of hydrogen-bond acceptors (Lipinski definition) is 1. The first-order valence-electron chi connectivity index (χ1n) is 30.3. The third-order valence-corrected chi connectivity index (χ3v) is 19.8. The number of aromatic nitrogens is 2.